The van der Waals surface area contributed by atoms with E-state index in [-0.39, 0.29) is 10.8 Å². The molecule has 0 spiro atoms. The molecule has 2 N–H and O–H groups in total. The van der Waals surface area contributed by atoms with E-state index < -0.39 is 11.9 Å². The van der Waals surface area contributed by atoms with Gasteiger partial charge in [-0.25, -0.2) is 0 Å². The molecule has 15 heavy (non-hydrogen) atoms. The first-order valence-electron chi connectivity index (χ1n) is 4.57. The fourth-order valence-electron chi connectivity index (χ4n) is 1.48. The molecule has 1 aromatic rings. The summed E-state index contributed by atoms with van der Waals surface area (Å²) in [6, 6.07) is 1.70. The van der Waals surface area contributed by atoms with Gasteiger partial charge in [0.15, 0.2) is 0 Å². The van der Waals surface area contributed by atoms with Crippen molar-refractivity contribution in [2.24, 2.45) is 0 Å². The predicted molar refractivity (Wildman–Crippen MR) is 58.6 cm³/mol. The Bertz CT molecular complexity index is 413. The largest absolute Gasteiger partial charge is 0.506 e. The Balaban J connectivity index is 3.38. The second-order valence-corrected chi connectivity index (χ2v) is 4.01. The Labute approximate surface area is 93.3 Å². The SMILES string of the molecule is Cc1cc(C(C)C(=O)O)c(C)c(O)c1Cl. The van der Waals surface area contributed by atoms with E-state index in [1.807, 2.05) is 0 Å². The van der Waals surface area contributed by atoms with E-state index in [1.54, 1.807) is 26.8 Å². The molecular formula is C11H13ClO3. The van der Waals surface area contributed by atoms with E-state index in [2.05, 4.69) is 0 Å². The summed E-state index contributed by atoms with van der Waals surface area (Å²) in [6.45, 7) is 4.98. The molecule has 1 unspecified atom stereocenters. The van der Waals surface area contributed by atoms with Crippen molar-refractivity contribution >= 4 is 17.6 Å². The number of aryl methyl sites for hydroxylation is 1. The maximum Gasteiger partial charge on any atom is 0.310 e. The molecule has 0 aliphatic heterocycles. The summed E-state index contributed by atoms with van der Waals surface area (Å²) in [5.41, 5.74) is 1.81. The lowest BCUT2D eigenvalue weighted by molar-refractivity contribution is -0.138. The number of hydrogen-bond donors (Lipinski definition) is 2. The molecule has 0 aromatic heterocycles. The van der Waals surface area contributed by atoms with Gasteiger partial charge in [0, 0.05) is 0 Å². The van der Waals surface area contributed by atoms with E-state index in [0.29, 0.717) is 16.7 Å². The second-order valence-electron chi connectivity index (χ2n) is 3.63. The zero-order valence-electron chi connectivity index (χ0n) is 8.84. The molecule has 0 amide bonds. The minimum Gasteiger partial charge on any atom is -0.506 e. The molecule has 4 heteroatoms. The minimum atomic E-state index is -0.917. The number of carboxylic acids is 1. The quantitative estimate of drug-likeness (QED) is 0.818. The van der Waals surface area contributed by atoms with Crippen molar-refractivity contribution in [2.75, 3.05) is 0 Å². The number of phenolic OH excluding ortho intramolecular Hbond substituents is 1. The van der Waals surface area contributed by atoms with Gasteiger partial charge in [-0.05, 0) is 37.5 Å². The molecule has 1 rings (SSSR count). The number of carboxylic acid groups (broad SMARTS) is 1. The molecule has 1 aromatic carbocycles. The number of aliphatic carboxylic acids is 1. The molecule has 0 bridgehead atoms. The van der Waals surface area contributed by atoms with Gasteiger partial charge >= 0.3 is 5.97 Å². The Morgan fingerprint density at radius 2 is 2.00 bits per heavy atom. The molecule has 0 heterocycles. The summed E-state index contributed by atoms with van der Waals surface area (Å²) >= 11 is 5.84. The van der Waals surface area contributed by atoms with Crippen LogP contribution in [0.1, 0.15) is 29.5 Å². The van der Waals surface area contributed by atoms with E-state index in [0.717, 1.165) is 0 Å². The van der Waals surface area contributed by atoms with Crippen LogP contribution in [-0.4, -0.2) is 16.2 Å². The highest BCUT2D eigenvalue weighted by molar-refractivity contribution is 6.32. The van der Waals surface area contributed by atoms with Crippen molar-refractivity contribution in [3.8, 4) is 5.75 Å². The van der Waals surface area contributed by atoms with Crippen LogP contribution in [0.3, 0.4) is 0 Å². The number of carbonyl (C=O) groups is 1. The number of phenols is 1. The first-order valence-corrected chi connectivity index (χ1v) is 4.95. The van der Waals surface area contributed by atoms with Gasteiger partial charge in [-0.1, -0.05) is 17.7 Å². The molecule has 0 fully saturated rings. The molecule has 3 nitrogen and oxygen atoms in total. The number of rotatable bonds is 2. The number of aromatic hydroxyl groups is 1. The molecule has 0 aliphatic rings. The maximum absolute atomic E-state index is 10.8. The van der Waals surface area contributed by atoms with E-state index in [9.17, 15) is 9.90 Å². The van der Waals surface area contributed by atoms with Gasteiger partial charge in [0.25, 0.3) is 0 Å². The van der Waals surface area contributed by atoms with Gasteiger partial charge < -0.3 is 10.2 Å². The Morgan fingerprint density at radius 3 is 2.47 bits per heavy atom. The lowest BCUT2D eigenvalue weighted by atomic mass is 9.94. The average Bonchev–Trinajstić information content (AvgIpc) is 2.19. The lowest BCUT2D eigenvalue weighted by Crippen LogP contribution is -2.09. The number of benzene rings is 1. The van der Waals surface area contributed by atoms with Gasteiger partial charge in [-0.2, -0.15) is 0 Å². The van der Waals surface area contributed by atoms with Crippen LogP contribution in [-0.2, 0) is 4.79 Å². The highest BCUT2D eigenvalue weighted by Gasteiger charge is 2.20. The van der Waals surface area contributed by atoms with Crippen LogP contribution in [0.25, 0.3) is 0 Å². The summed E-state index contributed by atoms with van der Waals surface area (Å²) in [7, 11) is 0. The summed E-state index contributed by atoms with van der Waals surface area (Å²) in [6.07, 6.45) is 0. The third-order valence-electron chi connectivity index (χ3n) is 2.55. The third-order valence-corrected chi connectivity index (χ3v) is 3.03. The summed E-state index contributed by atoms with van der Waals surface area (Å²) < 4.78 is 0. The van der Waals surface area contributed by atoms with Crippen molar-refractivity contribution in [1.82, 2.24) is 0 Å². The smallest absolute Gasteiger partial charge is 0.310 e. The average molecular weight is 229 g/mol. The van der Waals surface area contributed by atoms with Crippen LogP contribution in [0, 0.1) is 13.8 Å². The van der Waals surface area contributed by atoms with Gasteiger partial charge in [0.2, 0.25) is 0 Å². The molecule has 1 atom stereocenters. The molecular weight excluding hydrogens is 216 g/mol. The summed E-state index contributed by atoms with van der Waals surface area (Å²) in [5, 5.41) is 18.9. The summed E-state index contributed by atoms with van der Waals surface area (Å²) in [5.74, 6) is -1.59. The fraction of sp³-hybridized carbons (Fsp3) is 0.364. The maximum atomic E-state index is 10.8. The van der Waals surface area contributed by atoms with Crippen molar-refractivity contribution < 1.29 is 15.0 Å². The zero-order valence-corrected chi connectivity index (χ0v) is 9.59. The molecule has 0 radical (unpaired) electrons. The third kappa shape index (κ3) is 2.07. The van der Waals surface area contributed by atoms with E-state index in [1.165, 1.54) is 0 Å². The van der Waals surface area contributed by atoms with Crippen LogP contribution < -0.4 is 0 Å². The minimum absolute atomic E-state index is 0.0280. The second kappa shape index (κ2) is 4.11. The number of halogens is 1. The monoisotopic (exact) mass is 228 g/mol. The first kappa shape index (κ1) is 11.9. The summed E-state index contributed by atoms with van der Waals surface area (Å²) in [4.78, 5) is 10.8. The Kier molecular flexibility index (Phi) is 3.25. The van der Waals surface area contributed by atoms with E-state index >= 15 is 0 Å². The van der Waals surface area contributed by atoms with Gasteiger partial charge in [-0.3, -0.25) is 4.79 Å². The first-order chi connectivity index (χ1) is 6.86. The standard InChI is InChI=1S/C11H13ClO3/c1-5-4-8(7(3)11(14)15)6(2)10(13)9(5)12/h4,7,13H,1-3H3,(H,14,15). The van der Waals surface area contributed by atoms with Crippen LogP contribution in [0.5, 0.6) is 5.75 Å². The Hall–Kier alpha value is -1.22. The highest BCUT2D eigenvalue weighted by atomic mass is 35.5. The van der Waals surface area contributed by atoms with Crippen molar-refractivity contribution in [3.63, 3.8) is 0 Å². The van der Waals surface area contributed by atoms with E-state index in [4.69, 9.17) is 16.7 Å². The van der Waals surface area contributed by atoms with Gasteiger partial charge in [0.1, 0.15) is 5.75 Å². The van der Waals surface area contributed by atoms with Crippen LogP contribution in [0.15, 0.2) is 6.07 Å². The number of hydrogen-bond acceptors (Lipinski definition) is 2. The molecule has 0 saturated carbocycles. The van der Waals surface area contributed by atoms with Gasteiger partial charge in [-0.15, -0.1) is 0 Å². The van der Waals surface area contributed by atoms with Crippen LogP contribution in [0.4, 0.5) is 0 Å². The Morgan fingerprint density at radius 1 is 1.47 bits per heavy atom. The lowest BCUT2D eigenvalue weighted by Gasteiger charge is -2.14. The molecule has 0 saturated heterocycles. The predicted octanol–water partition coefficient (Wildman–Crippen LogP) is 2.85. The van der Waals surface area contributed by atoms with Crippen LogP contribution in [0.2, 0.25) is 5.02 Å². The van der Waals surface area contributed by atoms with Crippen LogP contribution >= 0.6 is 11.6 Å². The molecule has 0 aliphatic carbocycles. The zero-order chi connectivity index (χ0) is 11.7. The highest BCUT2D eigenvalue weighted by Crippen LogP contribution is 2.35. The fourth-order valence-corrected chi connectivity index (χ4v) is 1.67. The topological polar surface area (TPSA) is 57.5 Å². The van der Waals surface area contributed by atoms with Crippen molar-refractivity contribution in [1.29, 1.82) is 0 Å². The van der Waals surface area contributed by atoms with Crippen molar-refractivity contribution in [2.45, 2.75) is 26.7 Å². The van der Waals surface area contributed by atoms with Gasteiger partial charge in [0.05, 0.1) is 10.9 Å². The van der Waals surface area contributed by atoms with Crippen molar-refractivity contribution in [3.05, 3.63) is 27.8 Å². The normalized spacial score (nSPS) is 12.5. The molecule has 82 valence electrons.